The molecule has 0 saturated carbocycles. The zero-order valence-corrected chi connectivity index (χ0v) is 10.9. The molecule has 0 amide bonds. The summed E-state index contributed by atoms with van der Waals surface area (Å²) in [4.78, 5) is 16.4. The zero-order valence-electron chi connectivity index (χ0n) is 10.9. The number of ether oxygens (including phenoxy) is 1. The number of fused-ring (bicyclic) bond motifs is 1. The van der Waals surface area contributed by atoms with Gasteiger partial charge in [-0.25, -0.2) is 9.78 Å². The number of benzene rings is 1. The highest BCUT2D eigenvalue weighted by molar-refractivity contribution is 5.74. The molecule has 4 nitrogen and oxygen atoms in total. The minimum absolute atomic E-state index is 0.182. The van der Waals surface area contributed by atoms with Crippen LogP contribution in [0.1, 0.15) is 24.7 Å². The van der Waals surface area contributed by atoms with Crippen molar-refractivity contribution in [3.63, 3.8) is 0 Å². The van der Waals surface area contributed by atoms with Crippen LogP contribution in [0.5, 0.6) is 0 Å². The fourth-order valence-electron chi connectivity index (χ4n) is 2.59. The molecule has 0 saturated heterocycles. The van der Waals surface area contributed by atoms with E-state index in [0.717, 1.165) is 36.3 Å². The molecule has 1 aromatic carbocycles. The molecule has 0 aliphatic carbocycles. The van der Waals surface area contributed by atoms with Crippen LogP contribution >= 0.6 is 0 Å². The molecule has 1 atom stereocenters. The summed E-state index contributed by atoms with van der Waals surface area (Å²) in [5, 5.41) is 0. The summed E-state index contributed by atoms with van der Waals surface area (Å²) in [6.45, 7) is 0. The lowest BCUT2D eigenvalue weighted by atomic mass is 10.1. The monoisotopic (exact) mass is 256 g/mol. The quantitative estimate of drug-likeness (QED) is 0.776. The van der Waals surface area contributed by atoms with Gasteiger partial charge >= 0.3 is 5.97 Å². The normalized spacial score (nSPS) is 17.8. The second-order valence-electron chi connectivity index (χ2n) is 4.75. The first kappa shape index (κ1) is 12.0. The molecule has 1 aliphatic heterocycles. The maximum absolute atomic E-state index is 11.8. The standard InChI is InChI=1S/C15H16N2O2/c1-19-15(18)13-8-5-9-14-16-12(10-17(13)14)11-6-3-2-4-7-11/h2-4,6-7,10,13H,5,8-9H2,1H3. The molecule has 0 bridgehead atoms. The van der Waals surface area contributed by atoms with E-state index in [0.29, 0.717) is 0 Å². The number of nitrogens with zero attached hydrogens (tertiary/aromatic N) is 2. The van der Waals surface area contributed by atoms with E-state index in [4.69, 9.17) is 4.74 Å². The molecule has 0 fully saturated rings. The van der Waals surface area contributed by atoms with E-state index in [1.165, 1.54) is 7.11 Å². The molecule has 3 rings (SSSR count). The average Bonchev–Trinajstić information content (AvgIpc) is 2.91. The van der Waals surface area contributed by atoms with Gasteiger partial charge in [0.05, 0.1) is 12.8 Å². The number of hydrogen-bond donors (Lipinski definition) is 0. The Bertz CT molecular complexity index is 589. The van der Waals surface area contributed by atoms with Crippen molar-refractivity contribution in [3.8, 4) is 11.3 Å². The van der Waals surface area contributed by atoms with Crippen molar-refractivity contribution in [2.45, 2.75) is 25.3 Å². The van der Waals surface area contributed by atoms with Crippen LogP contribution < -0.4 is 0 Å². The Labute approximate surface area is 112 Å². The second kappa shape index (κ2) is 4.88. The van der Waals surface area contributed by atoms with Gasteiger partial charge in [0.15, 0.2) is 0 Å². The molecular formula is C15H16N2O2. The highest BCUT2D eigenvalue weighted by atomic mass is 16.5. The number of aromatic nitrogens is 2. The number of carbonyl (C=O) groups excluding carboxylic acids is 1. The first-order valence-electron chi connectivity index (χ1n) is 6.50. The van der Waals surface area contributed by atoms with E-state index in [-0.39, 0.29) is 12.0 Å². The summed E-state index contributed by atoms with van der Waals surface area (Å²) in [6.07, 6.45) is 4.68. The van der Waals surface area contributed by atoms with Crippen LogP contribution in [0.15, 0.2) is 36.5 Å². The Morgan fingerprint density at radius 2 is 2.16 bits per heavy atom. The molecular weight excluding hydrogens is 240 g/mol. The van der Waals surface area contributed by atoms with Gasteiger partial charge in [-0.15, -0.1) is 0 Å². The molecule has 0 radical (unpaired) electrons. The van der Waals surface area contributed by atoms with Gasteiger partial charge in [-0.2, -0.15) is 0 Å². The summed E-state index contributed by atoms with van der Waals surface area (Å²) in [6, 6.07) is 9.80. The minimum Gasteiger partial charge on any atom is -0.467 e. The maximum atomic E-state index is 11.8. The summed E-state index contributed by atoms with van der Waals surface area (Å²) in [7, 11) is 1.44. The second-order valence-corrected chi connectivity index (χ2v) is 4.75. The smallest absolute Gasteiger partial charge is 0.328 e. The Morgan fingerprint density at radius 1 is 1.37 bits per heavy atom. The maximum Gasteiger partial charge on any atom is 0.328 e. The van der Waals surface area contributed by atoms with Crippen LogP contribution in [0.4, 0.5) is 0 Å². The van der Waals surface area contributed by atoms with Crippen LogP contribution in [0.3, 0.4) is 0 Å². The number of aryl methyl sites for hydroxylation is 1. The lowest BCUT2D eigenvalue weighted by Crippen LogP contribution is -2.25. The fraction of sp³-hybridized carbons (Fsp3) is 0.333. The summed E-state index contributed by atoms with van der Waals surface area (Å²) < 4.78 is 6.84. The van der Waals surface area contributed by atoms with E-state index >= 15 is 0 Å². The molecule has 2 heterocycles. The summed E-state index contributed by atoms with van der Waals surface area (Å²) >= 11 is 0. The van der Waals surface area contributed by atoms with Gasteiger partial charge in [-0.3, -0.25) is 0 Å². The molecule has 19 heavy (non-hydrogen) atoms. The minimum atomic E-state index is -0.223. The lowest BCUT2D eigenvalue weighted by Gasteiger charge is -2.22. The van der Waals surface area contributed by atoms with Gasteiger partial charge in [0.2, 0.25) is 0 Å². The Kier molecular flexibility index (Phi) is 3.07. The van der Waals surface area contributed by atoms with Gasteiger partial charge in [-0.1, -0.05) is 30.3 Å². The van der Waals surface area contributed by atoms with Crippen molar-refractivity contribution in [2.24, 2.45) is 0 Å². The molecule has 1 unspecified atom stereocenters. The van der Waals surface area contributed by atoms with Crippen LogP contribution in [0.2, 0.25) is 0 Å². The number of imidazole rings is 1. The van der Waals surface area contributed by atoms with Gasteiger partial charge in [0, 0.05) is 18.2 Å². The van der Waals surface area contributed by atoms with Crippen LogP contribution in [-0.2, 0) is 16.0 Å². The van der Waals surface area contributed by atoms with E-state index in [2.05, 4.69) is 4.98 Å². The highest BCUT2D eigenvalue weighted by Gasteiger charge is 2.28. The molecule has 1 aromatic heterocycles. The number of rotatable bonds is 2. The van der Waals surface area contributed by atoms with E-state index < -0.39 is 0 Å². The van der Waals surface area contributed by atoms with Crippen molar-refractivity contribution < 1.29 is 9.53 Å². The van der Waals surface area contributed by atoms with E-state index in [1.807, 2.05) is 41.1 Å². The number of esters is 1. The first-order valence-corrected chi connectivity index (χ1v) is 6.50. The molecule has 0 spiro atoms. The van der Waals surface area contributed by atoms with Gasteiger partial charge in [-0.05, 0) is 12.8 Å². The van der Waals surface area contributed by atoms with Crippen molar-refractivity contribution in [3.05, 3.63) is 42.4 Å². The third-order valence-electron chi connectivity index (χ3n) is 3.57. The van der Waals surface area contributed by atoms with Gasteiger partial charge in [0.1, 0.15) is 11.9 Å². The third-order valence-corrected chi connectivity index (χ3v) is 3.57. The van der Waals surface area contributed by atoms with Crippen LogP contribution in [-0.4, -0.2) is 22.6 Å². The van der Waals surface area contributed by atoms with Gasteiger partial charge < -0.3 is 9.30 Å². The largest absolute Gasteiger partial charge is 0.467 e. The SMILES string of the molecule is COC(=O)C1CCCc2nc(-c3ccccc3)cn21. The molecule has 98 valence electrons. The first-order chi connectivity index (χ1) is 9.29. The topological polar surface area (TPSA) is 44.1 Å². The lowest BCUT2D eigenvalue weighted by molar-refractivity contribution is -0.145. The molecule has 0 N–H and O–H groups in total. The van der Waals surface area contributed by atoms with Crippen molar-refractivity contribution in [2.75, 3.05) is 7.11 Å². The number of carbonyl (C=O) groups is 1. The highest BCUT2D eigenvalue weighted by Crippen LogP contribution is 2.29. The van der Waals surface area contributed by atoms with Gasteiger partial charge in [0.25, 0.3) is 0 Å². The Hall–Kier alpha value is -2.10. The van der Waals surface area contributed by atoms with Crippen LogP contribution in [0, 0.1) is 0 Å². The van der Waals surface area contributed by atoms with Crippen molar-refractivity contribution in [1.29, 1.82) is 0 Å². The Morgan fingerprint density at radius 3 is 2.89 bits per heavy atom. The molecule has 4 heteroatoms. The fourth-order valence-corrected chi connectivity index (χ4v) is 2.59. The van der Waals surface area contributed by atoms with Crippen LogP contribution in [0.25, 0.3) is 11.3 Å². The molecule has 1 aliphatic rings. The van der Waals surface area contributed by atoms with Crippen molar-refractivity contribution in [1.82, 2.24) is 9.55 Å². The zero-order chi connectivity index (χ0) is 13.2. The summed E-state index contributed by atoms with van der Waals surface area (Å²) in [5.74, 6) is 0.790. The predicted molar refractivity (Wildman–Crippen MR) is 71.7 cm³/mol. The van der Waals surface area contributed by atoms with E-state index in [9.17, 15) is 4.79 Å². The van der Waals surface area contributed by atoms with Crippen molar-refractivity contribution >= 4 is 5.97 Å². The predicted octanol–water partition coefficient (Wildman–Crippen LogP) is 2.60. The third kappa shape index (κ3) is 2.14. The summed E-state index contributed by atoms with van der Waals surface area (Å²) in [5.41, 5.74) is 2.00. The number of hydrogen-bond acceptors (Lipinski definition) is 3. The van der Waals surface area contributed by atoms with E-state index in [1.54, 1.807) is 0 Å². The number of methoxy groups -OCH3 is 1. The average molecular weight is 256 g/mol. The molecule has 2 aromatic rings. The Balaban J connectivity index is 2.00.